The number of nitrogens with zero attached hydrogens (tertiary/aromatic N) is 1. The van der Waals surface area contributed by atoms with E-state index in [1.54, 1.807) is 13.0 Å². The number of rotatable bonds is 12. The number of β-amino-alcohol motifs (C(OH)–C–C–N with tert-alkyl or cyclic N) is 1. The van der Waals surface area contributed by atoms with Crippen molar-refractivity contribution in [2.45, 2.75) is 78.0 Å². The van der Waals surface area contributed by atoms with Gasteiger partial charge in [-0.15, -0.1) is 0 Å². The molecule has 1 heterocycles. The molecule has 5 nitrogen and oxygen atoms in total. The fourth-order valence-corrected chi connectivity index (χ4v) is 4.98. The molecule has 3 rings (SSSR count). The van der Waals surface area contributed by atoms with Crippen LogP contribution in [0.1, 0.15) is 67.0 Å². The molecule has 0 bridgehead atoms. The molecule has 0 aliphatic carbocycles. The van der Waals surface area contributed by atoms with E-state index in [0.29, 0.717) is 37.6 Å². The average Bonchev–Trinajstić information content (AvgIpc) is 3.25. The largest absolute Gasteiger partial charge is 0.466 e. The fraction of sp³-hybridized carbons (Fsp3) is 0.552. The lowest BCUT2D eigenvalue weighted by atomic mass is 9.95. The number of aliphatic hydroxyl groups is 1. The Bertz CT molecular complexity index is 979. The summed E-state index contributed by atoms with van der Waals surface area (Å²) in [6, 6.07) is 11.8. The zero-order valence-corrected chi connectivity index (χ0v) is 21.6. The van der Waals surface area contributed by atoms with Gasteiger partial charge < -0.3 is 14.6 Å². The summed E-state index contributed by atoms with van der Waals surface area (Å²) >= 11 is 0. The number of benzene rings is 2. The third-order valence-electron chi connectivity index (χ3n) is 6.96. The minimum atomic E-state index is -0.611. The van der Waals surface area contributed by atoms with Crippen LogP contribution in [0, 0.1) is 19.7 Å². The van der Waals surface area contributed by atoms with Crippen LogP contribution in [0.3, 0.4) is 0 Å². The van der Waals surface area contributed by atoms with Gasteiger partial charge in [0.25, 0.3) is 0 Å². The van der Waals surface area contributed by atoms with Gasteiger partial charge in [-0.2, -0.15) is 0 Å². The standard InChI is InChI=1S/C29H40FNO4/c1-5-34-29(33)14-13-26-20(2)8-6-10-27(26)22(4)35-19-25(32)18-31-15-7-9-24(31)16-23-12-11-21(3)28(30)17-23/h6,8,10-12,17,22,24-25,32H,5,7,9,13-16,18-19H2,1-4H3/t22-,24+,25-/m1/s1. The molecular weight excluding hydrogens is 445 g/mol. The van der Waals surface area contributed by atoms with Crippen LogP contribution in [0.15, 0.2) is 36.4 Å². The highest BCUT2D eigenvalue weighted by Gasteiger charge is 2.27. The van der Waals surface area contributed by atoms with Gasteiger partial charge in [-0.25, -0.2) is 4.39 Å². The summed E-state index contributed by atoms with van der Waals surface area (Å²) < 4.78 is 25.1. The molecule has 192 valence electrons. The second kappa shape index (κ2) is 13.1. The molecule has 3 atom stereocenters. The van der Waals surface area contributed by atoms with Crippen molar-refractivity contribution in [3.05, 3.63) is 70.0 Å². The van der Waals surface area contributed by atoms with Gasteiger partial charge in [-0.3, -0.25) is 9.69 Å². The van der Waals surface area contributed by atoms with Gasteiger partial charge in [0.1, 0.15) is 5.82 Å². The summed E-state index contributed by atoms with van der Waals surface area (Å²) in [4.78, 5) is 14.2. The first-order valence-electron chi connectivity index (χ1n) is 12.8. The predicted octanol–water partition coefficient (Wildman–Crippen LogP) is 5.08. The first kappa shape index (κ1) is 27.3. The third-order valence-corrected chi connectivity index (χ3v) is 6.96. The van der Waals surface area contributed by atoms with Gasteiger partial charge in [0, 0.05) is 19.0 Å². The van der Waals surface area contributed by atoms with Crippen molar-refractivity contribution in [2.75, 3.05) is 26.3 Å². The van der Waals surface area contributed by atoms with E-state index in [2.05, 4.69) is 4.90 Å². The van der Waals surface area contributed by atoms with E-state index in [9.17, 15) is 14.3 Å². The van der Waals surface area contributed by atoms with Crippen molar-refractivity contribution in [2.24, 2.45) is 0 Å². The Hall–Kier alpha value is -2.28. The van der Waals surface area contributed by atoms with Crippen LogP contribution < -0.4 is 0 Å². The maximum Gasteiger partial charge on any atom is 0.306 e. The molecule has 0 radical (unpaired) electrons. The molecular formula is C29H40FNO4. The maximum atomic E-state index is 14.0. The average molecular weight is 486 g/mol. The van der Waals surface area contributed by atoms with E-state index in [1.807, 2.05) is 51.1 Å². The smallest absolute Gasteiger partial charge is 0.306 e. The van der Waals surface area contributed by atoms with Crippen molar-refractivity contribution in [3.8, 4) is 0 Å². The van der Waals surface area contributed by atoms with Crippen LogP contribution in [0.25, 0.3) is 0 Å². The predicted molar refractivity (Wildman–Crippen MR) is 136 cm³/mol. The van der Waals surface area contributed by atoms with Gasteiger partial charge in [0.15, 0.2) is 0 Å². The number of ether oxygens (including phenoxy) is 2. The molecule has 35 heavy (non-hydrogen) atoms. The Morgan fingerprint density at radius 2 is 2.03 bits per heavy atom. The zero-order chi connectivity index (χ0) is 25.4. The van der Waals surface area contributed by atoms with Crippen molar-refractivity contribution in [3.63, 3.8) is 0 Å². The number of halogens is 1. The van der Waals surface area contributed by atoms with Crippen molar-refractivity contribution in [1.82, 2.24) is 4.90 Å². The molecule has 1 aliphatic rings. The normalized spacial score (nSPS) is 17.9. The second-order valence-corrected chi connectivity index (χ2v) is 9.66. The minimum Gasteiger partial charge on any atom is -0.466 e. The first-order valence-corrected chi connectivity index (χ1v) is 12.8. The number of esters is 1. The summed E-state index contributed by atoms with van der Waals surface area (Å²) in [5.74, 6) is -0.355. The molecule has 0 unspecified atom stereocenters. The molecule has 0 amide bonds. The Morgan fingerprint density at radius 3 is 2.77 bits per heavy atom. The van der Waals surface area contributed by atoms with Crippen molar-refractivity contribution < 1.29 is 23.8 Å². The summed E-state index contributed by atoms with van der Waals surface area (Å²) in [5.41, 5.74) is 4.93. The van der Waals surface area contributed by atoms with E-state index in [1.165, 1.54) is 0 Å². The van der Waals surface area contributed by atoms with E-state index in [0.717, 1.165) is 48.1 Å². The highest BCUT2D eigenvalue weighted by Crippen LogP contribution is 2.26. The van der Waals surface area contributed by atoms with Gasteiger partial charge in [0.2, 0.25) is 0 Å². The molecule has 6 heteroatoms. The van der Waals surface area contributed by atoms with Crippen LogP contribution >= 0.6 is 0 Å². The number of aryl methyl sites for hydroxylation is 2. The zero-order valence-electron chi connectivity index (χ0n) is 21.6. The van der Waals surface area contributed by atoms with E-state index in [-0.39, 0.29) is 24.5 Å². The summed E-state index contributed by atoms with van der Waals surface area (Å²) in [6.07, 6.45) is 3.04. The fourth-order valence-electron chi connectivity index (χ4n) is 4.98. The van der Waals surface area contributed by atoms with Crippen LogP contribution in [0.2, 0.25) is 0 Å². The highest BCUT2D eigenvalue weighted by molar-refractivity contribution is 5.69. The minimum absolute atomic E-state index is 0.160. The molecule has 1 aliphatic heterocycles. The third kappa shape index (κ3) is 7.86. The molecule has 2 aromatic rings. The number of aliphatic hydroxyl groups excluding tert-OH is 1. The molecule has 1 saturated heterocycles. The molecule has 0 saturated carbocycles. The van der Waals surface area contributed by atoms with E-state index in [4.69, 9.17) is 9.47 Å². The van der Waals surface area contributed by atoms with Crippen LogP contribution in [-0.2, 0) is 27.1 Å². The van der Waals surface area contributed by atoms with Crippen LogP contribution in [-0.4, -0.2) is 54.4 Å². The van der Waals surface area contributed by atoms with Gasteiger partial charge >= 0.3 is 5.97 Å². The molecule has 0 aromatic heterocycles. The summed E-state index contributed by atoms with van der Waals surface area (Å²) in [6.45, 7) is 9.70. The molecule has 1 fully saturated rings. The number of hydrogen-bond acceptors (Lipinski definition) is 5. The summed E-state index contributed by atoms with van der Waals surface area (Å²) in [7, 11) is 0. The first-order chi connectivity index (χ1) is 16.8. The van der Waals surface area contributed by atoms with Crippen LogP contribution in [0.4, 0.5) is 4.39 Å². The van der Waals surface area contributed by atoms with Crippen LogP contribution in [0.5, 0.6) is 0 Å². The molecule has 1 N–H and O–H groups in total. The van der Waals surface area contributed by atoms with Gasteiger partial charge in [-0.1, -0.05) is 30.3 Å². The topological polar surface area (TPSA) is 59.0 Å². The van der Waals surface area contributed by atoms with E-state index >= 15 is 0 Å². The Kier molecular flexibility index (Phi) is 10.3. The Balaban J connectivity index is 1.53. The quantitative estimate of drug-likeness (QED) is 0.425. The number of hydrogen-bond donors (Lipinski definition) is 1. The maximum absolute atomic E-state index is 14.0. The van der Waals surface area contributed by atoms with Crippen molar-refractivity contribution >= 4 is 5.97 Å². The number of likely N-dealkylation sites (tertiary alicyclic amines) is 1. The lowest BCUT2D eigenvalue weighted by Gasteiger charge is -2.28. The monoisotopic (exact) mass is 485 g/mol. The number of carbonyl (C=O) groups excluding carboxylic acids is 1. The molecule has 2 aromatic carbocycles. The van der Waals surface area contributed by atoms with Gasteiger partial charge in [0.05, 0.1) is 25.4 Å². The lowest BCUT2D eigenvalue weighted by Crippen LogP contribution is -2.39. The highest BCUT2D eigenvalue weighted by atomic mass is 19.1. The lowest BCUT2D eigenvalue weighted by molar-refractivity contribution is -0.143. The Labute approximate surface area is 209 Å². The van der Waals surface area contributed by atoms with Gasteiger partial charge in [-0.05, 0) is 93.8 Å². The SMILES string of the molecule is CCOC(=O)CCc1c(C)cccc1[C@@H](C)OC[C@H](O)CN1CCC[C@H]1Cc1ccc(C)c(F)c1. The van der Waals surface area contributed by atoms with E-state index < -0.39 is 6.10 Å². The number of carbonyl (C=O) groups is 1. The summed E-state index contributed by atoms with van der Waals surface area (Å²) in [5, 5.41) is 10.7. The Morgan fingerprint density at radius 1 is 1.23 bits per heavy atom. The second-order valence-electron chi connectivity index (χ2n) is 9.66. The molecule has 0 spiro atoms. The van der Waals surface area contributed by atoms with Crippen molar-refractivity contribution in [1.29, 1.82) is 0 Å².